The highest BCUT2D eigenvalue weighted by Crippen LogP contribution is 2.23. The van der Waals surface area contributed by atoms with Gasteiger partial charge in [0.1, 0.15) is 0 Å². The third kappa shape index (κ3) is 3.86. The average molecular weight is 278 g/mol. The van der Waals surface area contributed by atoms with E-state index in [1.807, 2.05) is 19.1 Å². The number of anilines is 1. The maximum Gasteiger partial charge on any atom is 0.278 e. The second-order valence-corrected chi connectivity index (χ2v) is 7.01. The molecule has 1 aromatic rings. The number of benzene rings is 1. The van der Waals surface area contributed by atoms with Gasteiger partial charge in [0.15, 0.2) is 0 Å². The lowest BCUT2D eigenvalue weighted by atomic mass is 10.2. The van der Waals surface area contributed by atoms with Gasteiger partial charge in [-0.25, -0.2) is 17.1 Å². The summed E-state index contributed by atoms with van der Waals surface area (Å²) < 4.78 is 39.8. The first-order valence-electron chi connectivity index (χ1n) is 4.88. The molecule has 0 amide bonds. The zero-order valence-corrected chi connectivity index (χ0v) is 11.5. The second kappa shape index (κ2) is 5.70. The number of rotatable bonds is 5. The molecular formula is C10H15FN2O2S2. The molecule has 0 spiro atoms. The first-order valence-corrected chi connectivity index (χ1v) is 7.26. The molecule has 0 saturated heterocycles. The van der Waals surface area contributed by atoms with E-state index in [4.69, 9.17) is 0 Å². The summed E-state index contributed by atoms with van der Waals surface area (Å²) in [6.07, 6.45) is 0. The Kier molecular flexibility index (Phi) is 4.79. The molecule has 0 radical (unpaired) electrons. The molecule has 1 unspecified atom stereocenters. The van der Waals surface area contributed by atoms with Crippen molar-refractivity contribution in [2.24, 2.45) is 0 Å². The highest BCUT2D eigenvalue weighted by molar-refractivity contribution is 8.13. The zero-order chi connectivity index (χ0) is 13.1. The molecule has 0 bridgehead atoms. The number of aryl methyl sites for hydroxylation is 1. The van der Waals surface area contributed by atoms with Crippen molar-refractivity contribution < 1.29 is 12.8 Å². The van der Waals surface area contributed by atoms with Gasteiger partial charge in [0.05, 0.1) is 0 Å². The summed E-state index contributed by atoms with van der Waals surface area (Å²) >= 11 is 0.524. The first-order chi connectivity index (χ1) is 7.84. The van der Waals surface area contributed by atoms with Crippen LogP contribution in [-0.4, -0.2) is 31.7 Å². The standard InChI is InChI=1S/C10H15FN2O2S2/c1-8-4-6-9(7-5-8)12-16-10(11)17(14,15)13(2)3/h4-7,10,12H,1-3H3. The van der Waals surface area contributed by atoms with Gasteiger partial charge in [-0.05, 0) is 19.1 Å². The molecule has 1 N–H and O–H groups in total. The molecule has 0 heterocycles. The molecule has 0 aliphatic rings. The fourth-order valence-electron chi connectivity index (χ4n) is 0.963. The molecule has 1 atom stereocenters. The Bertz CT molecular complexity index is 460. The van der Waals surface area contributed by atoms with Crippen molar-refractivity contribution in [1.82, 2.24) is 4.31 Å². The average Bonchev–Trinajstić information content (AvgIpc) is 2.27. The van der Waals surface area contributed by atoms with E-state index in [1.165, 1.54) is 14.1 Å². The van der Waals surface area contributed by atoms with Crippen LogP contribution in [0.5, 0.6) is 0 Å². The largest absolute Gasteiger partial charge is 0.326 e. The van der Waals surface area contributed by atoms with E-state index < -0.39 is 14.9 Å². The van der Waals surface area contributed by atoms with E-state index in [0.717, 1.165) is 9.87 Å². The molecule has 0 aliphatic carbocycles. The number of alkyl halides is 1. The topological polar surface area (TPSA) is 49.4 Å². The van der Waals surface area contributed by atoms with Crippen molar-refractivity contribution in [3.8, 4) is 0 Å². The molecule has 0 aromatic heterocycles. The lowest BCUT2D eigenvalue weighted by Crippen LogP contribution is -2.29. The Balaban J connectivity index is 2.60. The van der Waals surface area contributed by atoms with Crippen LogP contribution in [0.15, 0.2) is 24.3 Å². The third-order valence-corrected chi connectivity index (χ3v) is 5.11. The van der Waals surface area contributed by atoms with E-state index in [0.29, 0.717) is 17.6 Å². The molecule has 96 valence electrons. The maximum absolute atomic E-state index is 13.5. The smallest absolute Gasteiger partial charge is 0.278 e. The fraction of sp³-hybridized carbons (Fsp3) is 0.400. The summed E-state index contributed by atoms with van der Waals surface area (Å²) in [5, 5.41) is 0. The van der Waals surface area contributed by atoms with Gasteiger partial charge in [-0.15, -0.1) is 0 Å². The van der Waals surface area contributed by atoms with Crippen LogP contribution in [0, 0.1) is 6.92 Å². The maximum atomic E-state index is 13.5. The van der Waals surface area contributed by atoms with Gasteiger partial charge in [-0.3, -0.25) is 0 Å². The number of nitrogens with zero attached hydrogens (tertiary/aromatic N) is 1. The van der Waals surface area contributed by atoms with Crippen LogP contribution in [0.25, 0.3) is 0 Å². The number of halogens is 1. The lowest BCUT2D eigenvalue weighted by Gasteiger charge is -2.15. The summed E-state index contributed by atoms with van der Waals surface area (Å²) in [7, 11) is -1.29. The summed E-state index contributed by atoms with van der Waals surface area (Å²) in [5.74, 6) is 0. The van der Waals surface area contributed by atoms with E-state index in [-0.39, 0.29) is 0 Å². The Hall–Kier alpha value is -0.790. The highest BCUT2D eigenvalue weighted by Gasteiger charge is 2.28. The number of hydrogen-bond donors (Lipinski definition) is 1. The van der Waals surface area contributed by atoms with Crippen LogP contribution in [0.4, 0.5) is 10.1 Å². The van der Waals surface area contributed by atoms with Crippen molar-refractivity contribution in [2.45, 2.75) is 11.8 Å². The van der Waals surface area contributed by atoms with Gasteiger partial charge in [0, 0.05) is 31.7 Å². The van der Waals surface area contributed by atoms with Crippen molar-refractivity contribution in [1.29, 1.82) is 0 Å². The fourth-order valence-corrected chi connectivity index (χ4v) is 2.81. The van der Waals surface area contributed by atoms with Crippen LogP contribution in [0.1, 0.15) is 5.56 Å². The van der Waals surface area contributed by atoms with Crippen molar-refractivity contribution in [3.05, 3.63) is 29.8 Å². The summed E-state index contributed by atoms with van der Waals surface area (Å²) in [6, 6.07) is 7.24. The predicted octanol–water partition coefficient (Wildman–Crippen LogP) is 2.20. The van der Waals surface area contributed by atoms with Gasteiger partial charge < -0.3 is 4.72 Å². The van der Waals surface area contributed by atoms with Gasteiger partial charge in [-0.2, -0.15) is 0 Å². The van der Waals surface area contributed by atoms with Gasteiger partial charge in [0.2, 0.25) is 0 Å². The summed E-state index contributed by atoms with van der Waals surface area (Å²) in [4.78, 5) is -2.03. The molecule has 0 aliphatic heterocycles. The number of hydrogen-bond acceptors (Lipinski definition) is 4. The Morgan fingerprint density at radius 3 is 2.29 bits per heavy atom. The minimum Gasteiger partial charge on any atom is -0.326 e. The molecular weight excluding hydrogens is 263 g/mol. The quantitative estimate of drug-likeness (QED) is 0.839. The molecule has 4 nitrogen and oxygen atoms in total. The van der Waals surface area contributed by atoms with E-state index in [2.05, 4.69) is 4.72 Å². The van der Waals surface area contributed by atoms with Crippen LogP contribution in [-0.2, 0) is 10.0 Å². The van der Waals surface area contributed by atoms with E-state index >= 15 is 0 Å². The van der Waals surface area contributed by atoms with Crippen molar-refractivity contribution in [3.63, 3.8) is 0 Å². The van der Waals surface area contributed by atoms with Crippen molar-refractivity contribution >= 4 is 27.7 Å². The minimum absolute atomic E-state index is 0.524. The van der Waals surface area contributed by atoms with Crippen molar-refractivity contribution in [2.75, 3.05) is 18.8 Å². The van der Waals surface area contributed by atoms with Crippen LogP contribution < -0.4 is 4.72 Å². The number of nitrogens with one attached hydrogen (secondary N) is 1. The SMILES string of the molecule is Cc1ccc(NSC(F)S(=O)(=O)N(C)C)cc1. The summed E-state index contributed by atoms with van der Waals surface area (Å²) in [5.41, 5.74) is 1.75. The summed E-state index contributed by atoms with van der Waals surface area (Å²) in [6.45, 7) is 1.94. The molecule has 17 heavy (non-hydrogen) atoms. The van der Waals surface area contributed by atoms with Crippen LogP contribution in [0.2, 0.25) is 0 Å². The highest BCUT2D eigenvalue weighted by atomic mass is 32.3. The normalized spacial score (nSPS) is 13.7. The molecule has 0 saturated carbocycles. The van der Waals surface area contributed by atoms with Gasteiger partial charge in [0.25, 0.3) is 14.9 Å². The zero-order valence-electron chi connectivity index (χ0n) is 9.84. The van der Waals surface area contributed by atoms with E-state index in [9.17, 15) is 12.8 Å². The van der Waals surface area contributed by atoms with Crippen LogP contribution in [0.3, 0.4) is 0 Å². The Morgan fingerprint density at radius 1 is 1.29 bits per heavy atom. The Labute approximate surface area is 105 Å². The third-order valence-electron chi connectivity index (χ3n) is 2.06. The van der Waals surface area contributed by atoms with Gasteiger partial charge in [-0.1, -0.05) is 17.7 Å². The Morgan fingerprint density at radius 2 is 1.82 bits per heavy atom. The van der Waals surface area contributed by atoms with E-state index in [1.54, 1.807) is 12.1 Å². The predicted molar refractivity (Wildman–Crippen MR) is 69.9 cm³/mol. The van der Waals surface area contributed by atoms with Gasteiger partial charge >= 0.3 is 0 Å². The molecule has 0 fully saturated rings. The molecule has 1 rings (SSSR count). The second-order valence-electron chi connectivity index (χ2n) is 3.69. The minimum atomic E-state index is -3.89. The molecule has 1 aromatic carbocycles. The first kappa shape index (κ1) is 14.3. The van der Waals surface area contributed by atoms with Crippen LogP contribution >= 0.6 is 11.9 Å². The monoisotopic (exact) mass is 278 g/mol. The number of sulfonamides is 1. The molecule has 7 heteroatoms. The lowest BCUT2D eigenvalue weighted by molar-refractivity contribution is 0.462.